The summed E-state index contributed by atoms with van der Waals surface area (Å²) in [5.74, 6) is 0.0140. The van der Waals surface area contributed by atoms with Crippen molar-refractivity contribution in [1.82, 2.24) is 9.59 Å². The zero-order valence-electron chi connectivity index (χ0n) is 9.54. The van der Waals surface area contributed by atoms with Gasteiger partial charge in [0, 0.05) is 11.8 Å². The number of aromatic nitrogens is 2. The molecule has 3 rings (SSSR count). The summed E-state index contributed by atoms with van der Waals surface area (Å²) in [5.41, 5.74) is 1.49. The van der Waals surface area contributed by atoms with Gasteiger partial charge in [-0.2, -0.15) is 0 Å². The molecular weight excluding hydrogens is 244 g/mol. The molecule has 0 bridgehead atoms. The van der Waals surface area contributed by atoms with E-state index in [1.807, 2.05) is 42.5 Å². The molecule has 0 aliphatic rings. The molecule has 0 unspecified atom stereocenters. The van der Waals surface area contributed by atoms with Gasteiger partial charge in [0.25, 0.3) is 0 Å². The first-order chi connectivity index (χ1) is 8.84. The highest BCUT2D eigenvalue weighted by atomic mass is 32.1. The van der Waals surface area contributed by atoms with Crippen LogP contribution in [0.4, 0.5) is 0 Å². The molecule has 1 aromatic heterocycles. The Bertz CT molecular complexity index is 687. The second kappa shape index (κ2) is 4.66. The third-order valence-corrected chi connectivity index (χ3v) is 3.38. The van der Waals surface area contributed by atoms with Crippen molar-refractivity contribution in [2.75, 3.05) is 0 Å². The van der Waals surface area contributed by atoms with E-state index in [0.29, 0.717) is 12.1 Å². The first-order valence-electron chi connectivity index (χ1n) is 5.61. The number of carbonyl (C=O) groups excluding carboxylic acids is 1. The normalized spacial score (nSPS) is 10.7. The highest BCUT2D eigenvalue weighted by molar-refractivity contribution is 7.03. The topological polar surface area (TPSA) is 42.9 Å². The Morgan fingerprint density at radius 3 is 2.78 bits per heavy atom. The lowest BCUT2D eigenvalue weighted by molar-refractivity contribution is 0.0988. The van der Waals surface area contributed by atoms with Crippen molar-refractivity contribution in [3.8, 4) is 0 Å². The molecule has 0 N–H and O–H groups in total. The molecule has 0 saturated carbocycles. The van der Waals surface area contributed by atoms with Gasteiger partial charge in [0.2, 0.25) is 0 Å². The first kappa shape index (κ1) is 11.0. The van der Waals surface area contributed by atoms with E-state index in [0.717, 1.165) is 16.3 Å². The molecule has 4 heteroatoms. The van der Waals surface area contributed by atoms with E-state index in [1.165, 1.54) is 11.5 Å². The van der Waals surface area contributed by atoms with E-state index < -0.39 is 0 Å². The second-order valence-corrected chi connectivity index (χ2v) is 4.64. The van der Waals surface area contributed by atoms with Crippen LogP contribution in [0, 0.1) is 0 Å². The maximum atomic E-state index is 12.0. The molecule has 0 aliphatic heterocycles. The predicted molar refractivity (Wildman–Crippen MR) is 71.9 cm³/mol. The summed E-state index contributed by atoms with van der Waals surface area (Å²) in [7, 11) is 0. The van der Waals surface area contributed by atoms with Crippen LogP contribution >= 0.6 is 11.5 Å². The molecule has 1 heterocycles. The van der Waals surface area contributed by atoms with Crippen LogP contribution in [0.5, 0.6) is 0 Å². The molecule has 3 nitrogen and oxygen atoms in total. The van der Waals surface area contributed by atoms with Gasteiger partial charge in [-0.05, 0) is 27.9 Å². The highest BCUT2D eigenvalue weighted by Crippen LogP contribution is 2.19. The number of ketones is 1. The summed E-state index contributed by atoms with van der Waals surface area (Å²) in [6.45, 7) is 0. The Labute approximate surface area is 108 Å². The third kappa shape index (κ3) is 2.02. The van der Waals surface area contributed by atoms with E-state index in [2.05, 4.69) is 9.59 Å². The number of carbonyl (C=O) groups is 1. The van der Waals surface area contributed by atoms with Gasteiger partial charge in [-0.3, -0.25) is 4.79 Å². The van der Waals surface area contributed by atoms with Crippen molar-refractivity contribution in [3.63, 3.8) is 0 Å². The Morgan fingerprint density at radius 1 is 1.11 bits per heavy atom. The number of rotatable bonds is 3. The van der Waals surface area contributed by atoms with Gasteiger partial charge in [-0.1, -0.05) is 47.0 Å². The zero-order chi connectivity index (χ0) is 12.4. The molecule has 0 amide bonds. The lowest BCUT2D eigenvalue weighted by atomic mass is 10.00. The molecule has 0 aliphatic carbocycles. The van der Waals surface area contributed by atoms with Crippen molar-refractivity contribution < 1.29 is 4.79 Å². The van der Waals surface area contributed by atoms with E-state index in [1.54, 1.807) is 5.38 Å². The average Bonchev–Trinajstić information content (AvgIpc) is 2.93. The van der Waals surface area contributed by atoms with Gasteiger partial charge < -0.3 is 0 Å². The Morgan fingerprint density at radius 2 is 1.94 bits per heavy atom. The van der Waals surface area contributed by atoms with Crippen LogP contribution in [0.1, 0.15) is 16.1 Å². The Hall–Kier alpha value is -2.07. The summed E-state index contributed by atoms with van der Waals surface area (Å²) < 4.78 is 3.72. The molecule has 0 spiro atoms. The number of hydrogen-bond donors (Lipinski definition) is 0. The van der Waals surface area contributed by atoms with Crippen LogP contribution in [0.15, 0.2) is 47.8 Å². The second-order valence-electron chi connectivity index (χ2n) is 4.03. The van der Waals surface area contributed by atoms with Gasteiger partial charge >= 0.3 is 0 Å². The monoisotopic (exact) mass is 254 g/mol. The predicted octanol–water partition coefficient (Wildman–Crippen LogP) is 3.12. The minimum atomic E-state index is 0.0140. The molecule has 2 aromatic carbocycles. The highest BCUT2D eigenvalue weighted by Gasteiger charge is 2.11. The number of Topliss-reactive ketones (excluding diaryl/α,β-unsaturated/α-hetero) is 1. The van der Waals surface area contributed by atoms with Gasteiger partial charge in [-0.15, -0.1) is 5.10 Å². The smallest absolute Gasteiger partial charge is 0.188 e. The van der Waals surface area contributed by atoms with Crippen molar-refractivity contribution >= 4 is 28.1 Å². The molecular formula is C14H10N2OS. The van der Waals surface area contributed by atoms with E-state index in [9.17, 15) is 4.79 Å². The number of fused-ring (bicyclic) bond motifs is 1. The summed E-state index contributed by atoms with van der Waals surface area (Å²) in [5, 5.41) is 7.77. The molecule has 0 saturated heterocycles. The van der Waals surface area contributed by atoms with Gasteiger partial charge in [0.1, 0.15) is 5.69 Å². The minimum Gasteiger partial charge on any atom is -0.292 e. The van der Waals surface area contributed by atoms with Gasteiger partial charge in [0.15, 0.2) is 5.78 Å². The molecule has 0 fully saturated rings. The van der Waals surface area contributed by atoms with Gasteiger partial charge in [-0.25, -0.2) is 0 Å². The Kier molecular flexibility index (Phi) is 2.86. The average molecular weight is 254 g/mol. The quantitative estimate of drug-likeness (QED) is 0.674. The molecule has 0 atom stereocenters. The third-order valence-electron chi connectivity index (χ3n) is 2.88. The first-order valence-corrected chi connectivity index (χ1v) is 6.45. The van der Waals surface area contributed by atoms with Crippen LogP contribution in [-0.4, -0.2) is 15.4 Å². The van der Waals surface area contributed by atoms with Crippen molar-refractivity contribution in [1.29, 1.82) is 0 Å². The van der Waals surface area contributed by atoms with Crippen LogP contribution < -0.4 is 0 Å². The standard InChI is InChI=1S/C14H10N2OS/c17-14(13-9-18-16-15-13)8-11-6-3-5-10-4-1-2-7-12(10)11/h1-7,9H,8H2. The van der Waals surface area contributed by atoms with Crippen molar-refractivity contribution in [2.45, 2.75) is 6.42 Å². The zero-order valence-corrected chi connectivity index (χ0v) is 10.4. The summed E-state index contributed by atoms with van der Waals surface area (Å²) in [6, 6.07) is 14.1. The Balaban J connectivity index is 1.98. The van der Waals surface area contributed by atoms with Crippen LogP contribution in [0.2, 0.25) is 0 Å². The number of benzene rings is 2. The molecule has 3 aromatic rings. The number of nitrogens with zero attached hydrogens (tertiary/aromatic N) is 2. The maximum absolute atomic E-state index is 12.0. The van der Waals surface area contributed by atoms with Crippen LogP contribution in [0.3, 0.4) is 0 Å². The summed E-state index contributed by atoms with van der Waals surface area (Å²) >= 11 is 1.20. The summed E-state index contributed by atoms with van der Waals surface area (Å²) in [4.78, 5) is 12.0. The fourth-order valence-corrected chi connectivity index (χ4v) is 2.46. The summed E-state index contributed by atoms with van der Waals surface area (Å²) in [6.07, 6.45) is 0.368. The number of hydrogen-bond acceptors (Lipinski definition) is 4. The van der Waals surface area contributed by atoms with Crippen molar-refractivity contribution in [2.24, 2.45) is 0 Å². The molecule has 88 valence electrons. The fourth-order valence-electron chi connectivity index (χ4n) is 2.00. The fraction of sp³-hybridized carbons (Fsp3) is 0.0714. The largest absolute Gasteiger partial charge is 0.292 e. The molecule has 0 radical (unpaired) electrons. The van der Waals surface area contributed by atoms with Crippen molar-refractivity contribution in [3.05, 3.63) is 59.1 Å². The van der Waals surface area contributed by atoms with Crippen LogP contribution in [-0.2, 0) is 6.42 Å². The van der Waals surface area contributed by atoms with Crippen LogP contribution in [0.25, 0.3) is 10.8 Å². The molecule has 18 heavy (non-hydrogen) atoms. The van der Waals surface area contributed by atoms with E-state index in [-0.39, 0.29) is 5.78 Å². The maximum Gasteiger partial charge on any atom is 0.188 e. The van der Waals surface area contributed by atoms with Gasteiger partial charge in [0.05, 0.1) is 0 Å². The SMILES string of the molecule is O=C(Cc1cccc2ccccc12)c1csnn1. The van der Waals surface area contributed by atoms with E-state index >= 15 is 0 Å². The van der Waals surface area contributed by atoms with E-state index in [4.69, 9.17) is 0 Å². The lowest BCUT2D eigenvalue weighted by Gasteiger charge is -2.04. The minimum absolute atomic E-state index is 0.0140. The lowest BCUT2D eigenvalue weighted by Crippen LogP contribution is -2.04.